The first-order valence-corrected chi connectivity index (χ1v) is 7.88. The second-order valence-electron chi connectivity index (χ2n) is 6.13. The standard InChI is InChI=1S/C17H22N2O3/c1-22-15-6-4-12(11-2-3-11)8-13(15)10-18-17(21)9-14-5-7-16(20)19-14/h4,6,8,11,14H,2-3,5,7,9-10H2,1H3,(H,18,21)(H,19,20). The van der Waals surface area contributed by atoms with Crippen LogP contribution in [0.4, 0.5) is 0 Å². The Hall–Kier alpha value is -2.04. The van der Waals surface area contributed by atoms with Crippen LogP contribution in [0.3, 0.4) is 0 Å². The van der Waals surface area contributed by atoms with Crippen LogP contribution >= 0.6 is 0 Å². The fourth-order valence-electron chi connectivity index (χ4n) is 2.93. The molecule has 0 bridgehead atoms. The van der Waals surface area contributed by atoms with Crippen molar-refractivity contribution >= 4 is 11.8 Å². The van der Waals surface area contributed by atoms with E-state index in [-0.39, 0.29) is 17.9 Å². The van der Waals surface area contributed by atoms with Gasteiger partial charge in [0.1, 0.15) is 5.75 Å². The lowest BCUT2D eigenvalue weighted by Crippen LogP contribution is -2.33. The van der Waals surface area contributed by atoms with Crippen molar-refractivity contribution in [3.05, 3.63) is 29.3 Å². The number of benzene rings is 1. The molecule has 2 amide bonds. The Morgan fingerprint density at radius 1 is 1.36 bits per heavy atom. The Morgan fingerprint density at radius 2 is 2.18 bits per heavy atom. The van der Waals surface area contributed by atoms with Gasteiger partial charge in [-0.05, 0) is 36.8 Å². The van der Waals surface area contributed by atoms with Gasteiger partial charge in [0.15, 0.2) is 0 Å². The summed E-state index contributed by atoms with van der Waals surface area (Å²) in [5.41, 5.74) is 2.34. The molecule has 0 spiro atoms. The van der Waals surface area contributed by atoms with Gasteiger partial charge in [0.05, 0.1) is 7.11 Å². The molecule has 22 heavy (non-hydrogen) atoms. The molecule has 2 N–H and O–H groups in total. The van der Waals surface area contributed by atoms with E-state index in [9.17, 15) is 9.59 Å². The molecule has 0 aromatic heterocycles. The van der Waals surface area contributed by atoms with Gasteiger partial charge >= 0.3 is 0 Å². The lowest BCUT2D eigenvalue weighted by atomic mass is 10.1. The molecule has 1 aliphatic carbocycles. The van der Waals surface area contributed by atoms with Crippen LogP contribution in [0, 0.1) is 0 Å². The van der Waals surface area contributed by atoms with Gasteiger partial charge < -0.3 is 15.4 Å². The van der Waals surface area contributed by atoms with Crippen molar-refractivity contribution in [1.82, 2.24) is 10.6 Å². The third-order valence-electron chi connectivity index (χ3n) is 4.35. The summed E-state index contributed by atoms with van der Waals surface area (Å²) in [4.78, 5) is 23.2. The van der Waals surface area contributed by atoms with Crippen LogP contribution in [0.1, 0.15) is 49.1 Å². The molecule has 1 heterocycles. The Labute approximate surface area is 130 Å². The molecule has 3 rings (SSSR count). The van der Waals surface area contributed by atoms with Crippen molar-refractivity contribution in [2.45, 2.75) is 50.6 Å². The number of hydrogen-bond acceptors (Lipinski definition) is 3. The zero-order valence-corrected chi connectivity index (χ0v) is 12.9. The Bertz CT molecular complexity index is 581. The second kappa shape index (κ2) is 6.38. The molecule has 2 aliphatic rings. The van der Waals surface area contributed by atoms with Crippen LogP contribution in [0.25, 0.3) is 0 Å². The summed E-state index contributed by atoms with van der Waals surface area (Å²) < 4.78 is 5.37. The molecule has 1 saturated heterocycles. The number of nitrogens with one attached hydrogen (secondary N) is 2. The van der Waals surface area contributed by atoms with E-state index in [2.05, 4.69) is 22.8 Å². The molecule has 118 valence electrons. The predicted molar refractivity (Wildman–Crippen MR) is 82.6 cm³/mol. The number of hydrogen-bond donors (Lipinski definition) is 2. The Kier molecular flexibility index (Phi) is 4.32. The minimum Gasteiger partial charge on any atom is -0.496 e. The minimum absolute atomic E-state index is 0.0211. The summed E-state index contributed by atoms with van der Waals surface area (Å²) in [6.07, 6.45) is 4.11. The van der Waals surface area contributed by atoms with Crippen molar-refractivity contribution in [2.24, 2.45) is 0 Å². The van der Waals surface area contributed by atoms with Crippen LogP contribution in [-0.4, -0.2) is 25.0 Å². The van der Waals surface area contributed by atoms with Crippen molar-refractivity contribution in [1.29, 1.82) is 0 Å². The number of amides is 2. The number of carbonyl (C=O) groups excluding carboxylic acids is 2. The normalized spacial score (nSPS) is 20.6. The predicted octanol–water partition coefficient (Wildman–Crippen LogP) is 1.86. The number of ether oxygens (including phenoxy) is 1. The summed E-state index contributed by atoms with van der Waals surface area (Å²) in [6, 6.07) is 6.20. The van der Waals surface area contributed by atoms with E-state index >= 15 is 0 Å². The van der Waals surface area contributed by atoms with E-state index in [1.165, 1.54) is 18.4 Å². The van der Waals surface area contributed by atoms with Gasteiger partial charge in [-0.15, -0.1) is 0 Å². The molecule has 1 aromatic carbocycles. The molecule has 5 nitrogen and oxygen atoms in total. The van der Waals surface area contributed by atoms with E-state index in [0.717, 1.165) is 17.7 Å². The van der Waals surface area contributed by atoms with Gasteiger partial charge in [-0.1, -0.05) is 12.1 Å². The average Bonchev–Trinajstić information content (AvgIpc) is 3.28. The van der Waals surface area contributed by atoms with Crippen LogP contribution in [0.15, 0.2) is 18.2 Å². The maximum absolute atomic E-state index is 12.0. The van der Waals surface area contributed by atoms with Gasteiger partial charge in [0, 0.05) is 31.0 Å². The number of carbonyl (C=O) groups is 2. The van der Waals surface area contributed by atoms with Crippen LogP contribution in [-0.2, 0) is 16.1 Å². The Morgan fingerprint density at radius 3 is 2.82 bits per heavy atom. The third-order valence-corrected chi connectivity index (χ3v) is 4.35. The molecule has 1 saturated carbocycles. The van der Waals surface area contributed by atoms with Crippen LogP contribution < -0.4 is 15.4 Å². The maximum Gasteiger partial charge on any atom is 0.222 e. The monoisotopic (exact) mass is 302 g/mol. The van der Waals surface area contributed by atoms with E-state index in [1.807, 2.05) is 6.07 Å². The fourth-order valence-corrected chi connectivity index (χ4v) is 2.93. The topological polar surface area (TPSA) is 67.4 Å². The molecular weight excluding hydrogens is 280 g/mol. The summed E-state index contributed by atoms with van der Waals surface area (Å²) in [5.74, 6) is 1.48. The maximum atomic E-state index is 12.0. The zero-order chi connectivity index (χ0) is 15.5. The first kappa shape index (κ1) is 14.9. The van der Waals surface area contributed by atoms with Crippen molar-refractivity contribution in [2.75, 3.05) is 7.11 Å². The minimum atomic E-state index is -0.0360. The van der Waals surface area contributed by atoms with Crippen molar-refractivity contribution in [3.63, 3.8) is 0 Å². The highest BCUT2D eigenvalue weighted by molar-refractivity contribution is 5.81. The van der Waals surface area contributed by atoms with Crippen LogP contribution in [0.2, 0.25) is 0 Å². The average molecular weight is 302 g/mol. The quantitative estimate of drug-likeness (QED) is 0.843. The number of methoxy groups -OCH3 is 1. The summed E-state index contributed by atoms with van der Waals surface area (Å²) in [7, 11) is 1.64. The van der Waals surface area contributed by atoms with Crippen molar-refractivity contribution in [3.8, 4) is 5.75 Å². The largest absolute Gasteiger partial charge is 0.496 e. The lowest BCUT2D eigenvalue weighted by Gasteiger charge is -2.13. The summed E-state index contributed by atoms with van der Waals surface area (Å²) >= 11 is 0. The molecule has 1 aromatic rings. The lowest BCUT2D eigenvalue weighted by molar-refractivity contribution is -0.121. The SMILES string of the molecule is COc1ccc(C2CC2)cc1CNC(=O)CC1CCC(=O)N1. The Balaban J connectivity index is 1.56. The highest BCUT2D eigenvalue weighted by Crippen LogP contribution is 2.41. The van der Waals surface area contributed by atoms with Gasteiger partial charge in [-0.25, -0.2) is 0 Å². The first-order valence-electron chi connectivity index (χ1n) is 7.88. The fraction of sp³-hybridized carbons (Fsp3) is 0.529. The smallest absolute Gasteiger partial charge is 0.222 e. The third kappa shape index (κ3) is 3.59. The molecule has 5 heteroatoms. The number of rotatable bonds is 6. The molecule has 1 unspecified atom stereocenters. The second-order valence-corrected chi connectivity index (χ2v) is 6.13. The summed E-state index contributed by atoms with van der Waals surface area (Å²) in [6.45, 7) is 0.462. The van der Waals surface area contributed by atoms with Gasteiger partial charge in [0.2, 0.25) is 11.8 Å². The molecule has 1 atom stereocenters. The van der Waals surface area contributed by atoms with Crippen LogP contribution in [0.5, 0.6) is 5.75 Å². The van der Waals surface area contributed by atoms with E-state index in [0.29, 0.717) is 25.3 Å². The van der Waals surface area contributed by atoms with E-state index < -0.39 is 0 Å². The molecule has 2 fully saturated rings. The summed E-state index contributed by atoms with van der Waals surface area (Å²) in [5, 5.41) is 5.75. The molecule has 1 aliphatic heterocycles. The van der Waals surface area contributed by atoms with E-state index in [4.69, 9.17) is 4.74 Å². The van der Waals surface area contributed by atoms with Crippen molar-refractivity contribution < 1.29 is 14.3 Å². The molecular formula is C17H22N2O3. The van der Waals surface area contributed by atoms with Gasteiger partial charge in [0.25, 0.3) is 0 Å². The van der Waals surface area contributed by atoms with Gasteiger partial charge in [-0.3, -0.25) is 9.59 Å². The first-order chi connectivity index (χ1) is 10.7. The molecule has 0 radical (unpaired) electrons. The zero-order valence-electron chi connectivity index (χ0n) is 12.9. The van der Waals surface area contributed by atoms with E-state index in [1.54, 1.807) is 7.11 Å². The highest BCUT2D eigenvalue weighted by atomic mass is 16.5. The highest BCUT2D eigenvalue weighted by Gasteiger charge is 2.25. The van der Waals surface area contributed by atoms with Gasteiger partial charge in [-0.2, -0.15) is 0 Å².